The highest BCUT2D eigenvalue weighted by molar-refractivity contribution is 5.96. The number of ether oxygens (including phenoxy) is 3. The average Bonchev–Trinajstić information content (AvgIpc) is 2.70. The van der Waals surface area contributed by atoms with Gasteiger partial charge in [0.15, 0.2) is 18.1 Å². The number of benzene rings is 1. The van der Waals surface area contributed by atoms with E-state index in [9.17, 15) is 14.4 Å². The quantitative estimate of drug-likeness (QED) is 0.732. The smallest absolute Gasteiger partial charge is 0.351 e. The van der Waals surface area contributed by atoms with Crippen LogP contribution in [0.1, 0.15) is 38.5 Å². The highest BCUT2D eigenvalue weighted by Crippen LogP contribution is 2.55. The number of rotatable bonds is 4. The minimum atomic E-state index is -0.950. The van der Waals surface area contributed by atoms with E-state index in [0.717, 1.165) is 19.3 Å². The summed E-state index contributed by atoms with van der Waals surface area (Å²) in [6, 6.07) is 6.50. The fraction of sp³-hybridized carbons (Fsp3) is 0.591. The van der Waals surface area contributed by atoms with Crippen molar-refractivity contribution in [2.75, 3.05) is 13.2 Å². The molecule has 1 heterocycles. The maximum atomic E-state index is 12.4. The summed E-state index contributed by atoms with van der Waals surface area (Å²) in [5, 5.41) is 5.35. The number of hydrogen-bond donors (Lipinski definition) is 2. The van der Waals surface area contributed by atoms with Crippen molar-refractivity contribution < 1.29 is 28.6 Å². The van der Waals surface area contributed by atoms with Crippen LogP contribution in [0.25, 0.3) is 0 Å². The van der Waals surface area contributed by atoms with Gasteiger partial charge in [0.1, 0.15) is 6.61 Å². The summed E-state index contributed by atoms with van der Waals surface area (Å²) in [7, 11) is 0. The molecular formula is C22H26N2O6. The molecular weight excluding hydrogens is 388 g/mol. The largest absolute Gasteiger partial charge is 0.485 e. The minimum Gasteiger partial charge on any atom is -0.485 e. The number of amides is 3. The summed E-state index contributed by atoms with van der Waals surface area (Å²) in [4.78, 5) is 36.7. The van der Waals surface area contributed by atoms with Crippen molar-refractivity contribution in [2.45, 2.75) is 50.2 Å². The Morgan fingerprint density at radius 3 is 2.30 bits per heavy atom. The van der Waals surface area contributed by atoms with Crippen molar-refractivity contribution in [1.29, 1.82) is 0 Å². The Bertz CT molecular complexity index is 834. The predicted molar refractivity (Wildman–Crippen MR) is 105 cm³/mol. The van der Waals surface area contributed by atoms with E-state index in [4.69, 9.17) is 14.2 Å². The van der Waals surface area contributed by atoms with Gasteiger partial charge in [-0.1, -0.05) is 12.1 Å². The Hall–Kier alpha value is -2.77. The molecule has 160 valence electrons. The molecule has 4 saturated carbocycles. The molecule has 1 aromatic rings. The Morgan fingerprint density at radius 1 is 1.00 bits per heavy atom. The molecule has 4 aliphatic carbocycles. The third-order valence-corrected chi connectivity index (χ3v) is 6.79. The summed E-state index contributed by atoms with van der Waals surface area (Å²) < 4.78 is 16.0. The molecule has 1 atom stereocenters. The van der Waals surface area contributed by atoms with E-state index in [1.165, 1.54) is 19.3 Å². The molecule has 5 aliphatic rings. The second-order valence-corrected chi connectivity index (χ2v) is 9.17. The molecule has 6 rings (SSSR count). The van der Waals surface area contributed by atoms with Crippen molar-refractivity contribution in [1.82, 2.24) is 10.6 Å². The number of hydrogen-bond acceptors (Lipinski definition) is 6. The van der Waals surface area contributed by atoms with Crippen molar-refractivity contribution in [3.63, 3.8) is 0 Å². The van der Waals surface area contributed by atoms with Crippen LogP contribution in [-0.2, 0) is 14.3 Å². The van der Waals surface area contributed by atoms with Crippen molar-refractivity contribution >= 4 is 17.9 Å². The predicted octanol–water partition coefficient (Wildman–Crippen LogP) is 2.16. The van der Waals surface area contributed by atoms with Gasteiger partial charge in [0.2, 0.25) is 6.10 Å². The summed E-state index contributed by atoms with van der Waals surface area (Å²) in [5.41, 5.74) is -0.184. The van der Waals surface area contributed by atoms with Gasteiger partial charge in [-0.25, -0.2) is 9.59 Å². The van der Waals surface area contributed by atoms with E-state index in [1.54, 1.807) is 24.3 Å². The third kappa shape index (κ3) is 3.82. The van der Waals surface area contributed by atoms with Crippen LogP contribution in [0.4, 0.5) is 4.79 Å². The van der Waals surface area contributed by atoms with E-state index in [-0.39, 0.29) is 12.1 Å². The number of fused-ring (bicyclic) bond motifs is 1. The van der Waals surface area contributed by atoms with E-state index in [0.29, 0.717) is 29.3 Å². The Balaban J connectivity index is 1.08. The van der Waals surface area contributed by atoms with E-state index in [2.05, 4.69) is 10.6 Å². The van der Waals surface area contributed by atoms with Crippen LogP contribution in [0.15, 0.2) is 24.3 Å². The molecule has 2 N–H and O–H groups in total. The van der Waals surface area contributed by atoms with Gasteiger partial charge in [0.25, 0.3) is 5.91 Å². The van der Waals surface area contributed by atoms with Crippen molar-refractivity contribution in [3.05, 3.63) is 24.3 Å². The van der Waals surface area contributed by atoms with E-state index in [1.807, 2.05) is 0 Å². The van der Waals surface area contributed by atoms with Gasteiger partial charge in [-0.3, -0.25) is 10.1 Å². The average molecular weight is 414 g/mol. The molecule has 0 spiro atoms. The summed E-state index contributed by atoms with van der Waals surface area (Å²) >= 11 is 0. The van der Waals surface area contributed by atoms with Crippen LogP contribution >= 0.6 is 0 Å². The van der Waals surface area contributed by atoms with Crippen molar-refractivity contribution in [2.24, 2.45) is 17.8 Å². The number of imide groups is 1. The Labute approximate surface area is 174 Å². The first-order valence-electron chi connectivity index (χ1n) is 10.7. The van der Waals surface area contributed by atoms with Gasteiger partial charge >= 0.3 is 12.0 Å². The van der Waals surface area contributed by atoms with Gasteiger partial charge in [0, 0.05) is 5.54 Å². The maximum Gasteiger partial charge on any atom is 0.351 e. The molecule has 8 nitrogen and oxygen atoms in total. The van der Waals surface area contributed by atoms with Gasteiger partial charge in [0.05, 0.1) is 0 Å². The van der Waals surface area contributed by atoms with Crippen LogP contribution in [0.2, 0.25) is 0 Å². The fourth-order valence-corrected chi connectivity index (χ4v) is 6.06. The first-order valence-corrected chi connectivity index (χ1v) is 10.7. The number of para-hydroxylation sites is 2. The number of esters is 1. The third-order valence-electron chi connectivity index (χ3n) is 6.79. The monoisotopic (exact) mass is 414 g/mol. The molecule has 8 heteroatoms. The maximum absolute atomic E-state index is 12.4. The first kappa shape index (κ1) is 19.2. The zero-order chi connectivity index (χ0) is 20.7. The Morgan fingerprint density at radius 2 is 1.63 bits per heavy atom. The molecule has 4 bridgehead atoms. The molecule has 0 aromatic heterocycles. The number of urea groups is 1. The van der Waals surface area contributed by atoms with Gasteiger partial charge in [-0.15, -0.1) is 0 Å². The van der Waals surface area contributed by atoms with Crippen LogP contribution in [0, 0.1) is 17.8 Å². The lowest BCUT2D eigenvalue weighted by Crippen LogP contribution is -2.62. The lowest BCUT2D eigenvalue weighted by atomic mass is 9.53. The van der Waals surface area contributed by atoms with Crippen LogP contribution in [0.3, 0.4) is 0 Å². The number of carbonyl (C=O) groups is 3. The second-order valence-electron chi connectivity index (χ2n) is 9.17. The molecule has 0 radical (unpaired) electrons. The Kier molecular flexibility index (Phi) is 4.79. The zero-order valence-electron chi connectivity index (χ0n) is 16.7. The molecule has 4 fully saturated rings. The highest BCUT2D eigenvalue weighted by Gasteiger charge is 2.51. The lowest BCUT2D eigenvalue weighted by Gasteiger charge is -2.56. The van der Waals surface area contributed by atoms with Crippen LogP contribution in [-0.4, -0.2) is 42.8 Å². The summed E-state index contributed by atoms with van der Waals surface area (Å²) in [6.45, 7) is -0.543. The molecule has 3 amide bonds. The fourth-order valence-electron chi connectivity index (χ4n) is 6.06. The summed E-state index contributed by atoms with van der Waals surface area (Å²) in [5.74, 6) is 1.71. The molecule has 1 aliphatic heterocycles. The first-order chi connectivity index (χ1) is 14.5. The van der Waals surface area contributed by atoms with Gasteiger partial charge in [-0.05, 0) is 68.4 Å². The van der Waals surface area contributed by atoms with E-state index < -0.39 is 30.6 Å². The SMILES string of the molecule is O=C(COC(=O)[C@H]1COc2ccccc2O1)NC(=O)NC12CC3CC(CC(C3)C1)C2. The van der Waals surface area contributed by atoms with Gasteiger partial charge in [-0.2, -0.15) is 0 Å². The minimum absolute atomic E-state index is 0.00394. The van der Waals surface area contributed by atoms with Gasteiger partial charge < -0.3 is 19.5 Å². The topological polar surface area (TPSA) is 103 Å². The molecule has 0 unspecified atom stereocenters. The standard InChI is InChI=1S/C22H26N2O6/c25-19(12-29-20(26)18-11-28-16-3-1-2-4-17(16)30-18)23-21(27)24-22-8-13-5-14(9-22)7-15(6-13)10-22/h1-4,13-15,18H,5-12H2,(H2,23,24,25,27)/t13?,14?,15?,18-,22?/m1/s1. The number of carbonyl (C=O) groups excluding carboxylic acids is 3. The van der Waals surface area contributed by atoms with E-state index >= 15 is 0 Å². The van der Waals surface area contributed by atoms with Crippen LogP contribution in [0.5, 0.6) is 11.5 Å². The normalized spacial score (nSPS) is 32.9. The highest BCUT2D eigenvalue weighted by atomic mass is 16.6. The molecule has 30 heavy (non-hydrogen) atoms. The summed E-state index contributed by atoms with van der Waals surface area (Å²) in [6.07, 6.45) is 5.86. The molecule has 0 saturated heterocycles. The van der Waals surface area contributed by atoms with Crippen molar-refractivity contribution in [3.8, 4) is 11.5 Å². The van der Waals surface area contributed by atoms with Crippen LogP contribution < -0.4 is 20.1 Å². The zero-order valence-corrected chi connectivity index (χ0v) is 16.7. The second kappa shape index (κ2) is 7.49. The molecule has 1 aromatic carbocycles. The number of nitrogens with one attached hydrogen (secondary N) is 2. The lowest BCUT2D eigenvalue weighted by molar-refractivity contribution is -0.157.